The summed E-state index contributed by atoms with van der Waals surface area (Å²) in [6.45, 7) is 2.66. The minimum Gasteiger partial charge on any atom is -0.394 e. The lowest BCUT2D eigenvalue weighted by atomic mass is 9.75. The molecule has 1 aliphatic rings. The predicted molar refractivity (Wildman–Crippen MR) is 76.4 cm³/mol. The summed E-state index contributed by atoms with van der Waals surface area (Å²) in [4.78, 5) is 12.3. The normalized spacial score (nSPS) is 16.4. The van der Waals surface area contributed by atoms with Gasteiger partial charge in [-0.3, -0.25) is 4.79 Å². The van der Waals surface area contributed by atoms with E-state index in [4.69, 9.17) is 9.84 Å². The largest absolute Gasteiger partial charge is 0.394 e. The van der Waals surface area contributed by atoms with Crippen molar-refractivity contribution in [1.29, 1.82) is 0 Å². The number of carbonyl (C=O) groups is 1. The summed E-state index contributed by atoms with van der Waals surface area (Å²) in [5, 5.41) is 14.7. The van der Waals surface area contributed by atoms with Gasteiger partial charge in [-0.1, -0.05) is 30.3 Å². The van der Waals surface area contributed by atoms with Crippen LogP contribution < -0.4 is 10.6 Å². The number of nitrogens with one attached hydrogen (secondary N) is 2. The number of amides is 1. The fourth-order valence-electron chi connectivity index (χ4n) is 2.37. The molecule has 0 aliphatic carbocycles. The molecule has 1 aromatic carbocycles. The van der Waals surface area contributed by atoms with Gasteiger partial charge in [0.1, 0.15) is 0 Å². The smallest absolute Gasteiger partial charge is 0.229 e. The third kappa shape index (κ3) is 3.79. The average molecular weight is 278 g/mol. The number of hydrogen-bond acceptors (Lipinski definition) is 4. The maximum Gasteiger partial charge on any atom is 0.229 e. The van der Waals surface area contributed by atoms with Gasteiger partial charge < -0.3 is 20.5 Å². The molecule has 5 nitrogen and oxygen atoms in total. The van der Waals surface area contributed by atoms with Gasteiger partial charge in [-0.15, -0.1) is 0 Å². The van der Waals surface area contributed by atoms with Crippen LogP contribution in [0.3, 0.4) is 0 Å². The summed E-state index contributed by atoms with van der Waals surface area (Å²) in [6, 6.07) is 10.1. The van der Waals surface area contributed by atoms with Crippen molar-refractivity contribution in [1.82, 2.24) is 10.6 Å². The number of rotatable bonds is 8. The molecule has 1 saturated heterocycles. The van der Waals surface area contributed by atoms with E-state index in [0.717, 1.165) is 6.42 Å². The first-order chi connectivity index (χ1) is 9.77. The lowest BCUT2D eigenvalue weighted by Gasteiger charge is -2.41. The van der Waals surface area contributed by atoms with Crippen LogP contribution in [0.2, 0.25) is 0 Å². The molecular weight excluding hydrogens is 256 g/mol. The van der Waals surface area contributed by atoms with Crippen molar-refractivity contribution in [3.8, 4) is 0 Å². The molecule has 0 atom stereocenters. The van der Waals surface area contributed by atoms with Gasteiger partial charge in [-0.2, -0.15) is 0 Å². The van der Waals surface area contributed by atoms with Crippen LogP contribution in [0.25, 0.3) is 0 Å². The second kappa shape index (κ2) is 7.38. The van der Waals surface area contributed by atoms with Gasteiger partial charge in [0.15, 0.2) is 0 Å². The Balaban J connectivity index is 1.82. The Kier molecular flexibility index (Phi) is 5.52. The zero-order valence-corrected chi connectivity index (χ0v) is 11.6. The molecule has 0 radical (unpaired) electrons. The van der Waals surface area contributed by atoms with E-state index in [2.05, 4.69) is 22.8 Å². The summed E-state index contributed by atoms with van der Waals surface area (Å²) < 4.78 is 5.14. The number of aliphatic hydroxyl groups is 1. The maximum atomic E-state index is 12.3. The first-order valence-corrected chi connectivity index (χ1v) is 6.98. The molecule has 1 aliphatic heterocycles. The van der Waals surface area contributed by atoms with Crippen molar-refractivity contribution in [2.75, 3.05) is 39.5 Å². The Morgan fingerprint density at radius 3 is 2.65 bits per heavy atom. The highest BCUT2D eigenvalue weighted by molar-refractivity contribution is 5.84. The van der Waals surface area contributed by atoms with Gasteiger partial charge in [-0.25, -0.2) is 0 Å². The Morgan fingerprint density at radius 1 is 1.30 bits per heavy atom. The van der Waals surface area contributed by atoms with E-state index in [0.29, 0.717) is 32.8 Å². The summed E-state index contributed by atoms with van der Waals surface area (Å²) in [5.41, 5.74) is 0.846. The van der Waals surface area contributed by atoms with Crippen molar-refractivity contribution in [2.45, 2.75) is 6.42 Å². The predicted octanol–water partition coefficient (Wildman–Crippen LogP) is -0.0562. The number of benzene rings is 1. The van der Waals surface area contributed by atoms with E-state index in [1.807, 2.05) is 18.2 Å². The topological polar surface area (TPSA) is 70.6 Å². The molecule has 0 saturated carbocycles. The fourth-order valence-corrected chi connectivity index (χ4v) is 2.37. The Morgan fingerprint density at radius 2 is 2.05 bits per heavy atom. The van der Waals surface area contributed by atoms with Gasteiger partial charge >= 0.3 is 0 Å². The van der Waals surface area contributed by atoms with E-state index in [9.17, 15) is 4.79 Å². The van der Waals surface area contributed by atoms with E-state index in [1.165, 1.54) is 5.56 Å². The number of ether oxygens (including phenoxy) is 1. The molecule has 1 amide bonds. The Hall–Kier alpha value is -1.43. The molecule has 2 rings (SSSR count). The SMILES string of the molecule is O=C(NCCOCCO)C1(Cc2ccccc2)CNC1. The van der Waals surface area contributed by atoms with Crippen LogP contribution in [0.15, 0.2) is 30.3 Å². The standard InChI is InChI=1S/C15H22N2O3/c18-7-9-20-8-6-17-14(19)15(11-16-12-15)10-13-4-2-1-3-5-13/h1-5,16,18H,6-12H2,(H,17,19). The molecule has 3 N–H and O–H groups in total. The first kappa shape index (κ1) is 15.0. The van der Waals surface area contributed by atoms with E-state index in [1.54, 1.807) is 0 Å². The molecular formula is C15H22N2O3. The lowest BCUT2D eigenvalue weighted by molar-refractivity contribution is -0.134. The summed E-state index contributed by atoms with van der Waals surface area (Å²) in [6.07, 6.45) is 0.754. The molecule has 1 fully saturated rings. The van der Waals surface area contributed by atoms with Crippen LogP contribution in [0.4, 0.5) is 0 Å². The van der Waals surface area contributed by atoms with E-state index >= 15 is 0 Å². The molecule has 1 heterocycles. The second-order valence-electron chi connectivity index (χ2n) is 5.14. The highest BCUT2D eigenvalue weighted by Crippen LogP contribution is 2.27. The zero-order chi connectivity index (χ0) is 14.3. The van der Waals surface area contributed by atoms with Gasteiger partial charge in [0.25, 0.3) is 0 Å². The Bertz CT molecular complexity index is 418. The molecule has 1 aromatic rings. The van der Waals surface area contributed by atoms with Crippen molar-refractivity contribution in [3.05, 3.63) is 35.9 Å². The zero-order valence-electron chi connectivity index (χ0n) is 11.6. The monoisotopic (exact) mass is 278 g/mol. The van der Waals surface area contributed by atoms with Crippen LogP contribution >= 0.6 is 0 Å². The molecule has 0 spiro atoms. The number of aliphatic hydroxyl groups excluding tert-OH is 1. The van der Waals surface area contributed by atoms with Crippen molar-refractivity contribution < 1.29 is 14.6 Å². The van der Waals surface area contributed by atoms with Crippen molar-refractivity contribution in [3.63, 3.8) is 0 Å². The van der Waals surface area contributed by atoms with Gasteiger partial charge in [0.2, 0.25) is 5.91 Å². The molecule has 110 valence electrons. The van der Waals surface area contributed by atoms with Gasteiger partial charge in [0.05, 0.1) is 25.2 Å². The van der Waals surface area contributed by atoms with Crippen LogP contribution in [0.5, 0.6) is 0 Å². The second-order valence-corrected chi connectivity index (χ2v) is 5.14. The van der Waals surface area contributed by atoms with E-state index in [-0.39, 0.29) is 17.9 Å². The van der Waals surface area contributed by atoms with Crippen LogP contribution in [0.1, 0.15) is 5.56 Å². The lowest BCUT2D eigenvalue weighted by Crippen LogP contribution is -2.62. The molecule has 0 bridgehead atoms. The Labute approximate surface area is 119 Å². The summed E-state index contributed by atoms with van der Waals surface area (Å²) >= 11 is 0. The van der Waals surface area contributed by atoms with Gasteiger partial charge in [0, 0.05) is 19.6 Å². The maximum absolute atomic E-state index is 12.3. The summed E-state index contributed by atoms with van der Waals surface area (Å²) in [7, 11) is 0. The highest BCUT2D eigenvalue weighted by Gasteiger charge is 2.43. The van der Waals surface area contributed by atoms with Crippen molar-refractivity contribution >= 4 is 5.91 Å². The van der Waals surface area contributed by atoms with Crippen LogP contribution in [-0.4, -0.2) is 50.5 Å². The number of carbonyl (C=O) groups excluding carboxylic acids is 1. The first-order valence-electron chi connectivity index (χ1n) is 6.98. The highest BCUT2D eigenvalue weighted by atomic mass is 16.5. The van der Waals surface area contributed by atoms with E-state index < -0.39 is 0 Å². The van der Waals surface area contributed by atoms with Crippen LogP contribution in [-0.2, 0) is 16.0 Å². The average Bonchev–Trinajstić information content (AvgIpc) is 2.43. The molecule has 0 aromatic heterocycles. The quantitative estimate of drug-likeness (QED) is 0.583. The minimum atomic E-state index is -0.335. The minimum absolute atomic E-state index is 0.00973. The van der Waals surface area contributed by atoms with Crippen molar-refractivity contribution in [2.24, 2.45) is 5.41 Å². The third-order valence-electron chi connectivity index (χ3n) is 3.56. The molecule has 0 unspecified atom stereocenters. The van der Waals surface area contributed by atoms with Gasteiger partial charge in [-0.05, 0) is 12.0 Å². The third-order valence-corrected chi connectivity index (χ3v) is 3.56. The van der Waals surface area contributed by atoms with Crippen LogP contribution in [0, 0.1) is 5.41 Å². The fraction of sp³-hybridized carbons (Fsp3) is 0.533. The number of hydrogen-bond donors (Lipinski definition) is 3. The summed E-state index contributed by atoms with van der Waals surface area (Å²) in [5.74, 6) is 0.0766. The molecule has 5 heteroatoms. The molecule has 20 heavy (non-hydrogen) atoms.